The van der Waals surface area contributed by atoms with Crippen LogP contribution in [-0.4, -0.2) is 24.4 Å². The second kappa shape index (κ2) is 2.75. The van der Waals surface area contributed by atoms with Crippen LogP contribution < -0.4 is 0 Å². The third-order valence-electron chi connectivity index (χ3n) is 3.67. The van der Waals surface area contributed by atoms with Gasteiger partial charge in [0.1, 0.15) is 0 Å². The monoisotopic (exact) mass is 167 g/mol. The third kappa shape index (κ3) is 1.13. The van der Waals surface area contributed by atoms with Crippen LogP contribution in [0.25, 0.3) is 0 Å². The number of rotatable bonds is 0. The number of likely N-dealkylation sites (tertiary alicyclic amines) is 1. The van der Waals surface area contributed by atoms with Crippen LogP contribution in [-0.2, 0) is 4.79 Å². The van der Waals surface area contributed by atoms with Crippen LogP contribution in [0.3, 0.4) is 0 Å². The van der Waals surface area contributed by atoms with Crippen molar-refractivity contribution < 1.29 is 4.79 Å². The Bertz CT molecular complexity index is 202. The van der Waals surface area contributed by atoms with Crippen molar-refractivity contribution >= 4 is 5.91 Å². The van der Waals surface area contributed by atoms with Crippen LogP contribution >= 0.6 is 0 Å². The molecule has 0 bridgehead atoms. The Morgan fingerprint density at radius 1 is 1.42 bits per heavy atom. The van der Waals surface area contributed by atoms with Crippen molar-refractivity contribution in [3.63, 3.8) is 0 Å². The van der Waals surface area contributed by atoms with Gasteiger partial charge in [0.2, 0.25) is 5.91 Å². The first kappa shape index (κ1) is 8.09. The highest BCUT2D eigenvalue weighted by molar-refractivity contribution is 5.77. The third-order valence-corrected chi connectivity index (χ3v) is 3.67. The second-order valence-corrected chi connectivity index (χ2v) is 4.46. The van der Waals surface area contributed by atoms with E-state index in [1.807, 2.05) is 11.9 Å². The summed E-state index contributed by atoms with van der Waals surface area (Å²) in [5.74, 6) is 2.65. The molecule has 1 aliphatic heterocycles. The molecule has 0 aromatic heterocycles. The molecule has 1 amide bonds. The number of piperidine rings is 1. The first-order chi connectivity index (χ1) is 5.68. The Kier molecular flexibility index (Phi) is 1.85. The van der Waals surface area contributed by atoms with E-state index < -0.39 is 0 Å². The second-order valence-electron chi connectivity index (χ2n) is 4.46. The van der Waals surface area contributed by atoms with Crippen molar-refractivity contribution in [3.05, 3.63) is 0 Å². The van der Waals surface area contributed by atoms with Crippen molar-refractivity contribution in [2.24, 2.45) is 17.8 Å². The summed E-state index contributed by atoms with van der Waals surface area (Å²) in [6, 6.07) is 0. The van der Waals surface area contributed by atoms with E-state index in [1.165, 1.54) is 12.8 Å². The fourth-order valence-electron chi connectivity index (χ4n) is 2.78. The Morgan fingerprint density at radius 3 is 2.92 bits per heavy atom. The van der Waals surface area contributed by atoms with Gasteiger partial charge in [0, 0.05) is 20.0 Å². The van der Waals surface area contributed by atoms with Gasteiger partial charge in [-0.15, -0.1) is 0 Å². The highest BCUT2D eigenvalue weighted by atomic mass is 16.2. The molecule has 0 aromatic rings. The zero-order valence-corrected chi connectivity index (χ0v) is 7.92. The summed E-state index contributed by atoms with van der Waals surface area (Å²) in [6.45, 7) is 3.30. The molecular formula is C10H17NO. The molecule has 12 heavy (non-hydrogen) atoms. The molecule has 2 heteroatoms. The molecule has 0 aromatic carbocycles. The summed E-state index contributed by atoms with van der Waals surface area (Å²) in [7, 11) is 1.93. The van der Waals surface area contributed by atoms with E-state index in [0.717, 1.165) is 24.8 Å². The molecule has 2 nitrogen and oxygen atoms in total. The van der Waals surface area contributed by atoms with Crippen LogP contribution in [0, 0.1) is 17.8 Å². The first-order valence-corrected chi connectivity index (χ1v) is 4.92. The van der Waals surface area contributed by atoms with Crippen LogP contribution in [0.2, 0.25) is 0 Å². The van der Waals surface area contributed by atoms with Crippen LogP contribution in [0.15, 0.2) is 0 Å². The van der Waals surface area contributed by atoms with Gasteiger partial charge in [0.25, 0.3) is 0 Å². The Hall–Kier alpha value is -0.530. The van der Waals surface area contributed by atoms with Crippen molar-refractivity contribution in [2.75, 3.05) is 13.6 Å². The molecule has 2 aliphatic rings. The summed E-state index contributed by atoms with van der Waals surface area (Å²) >= 11 is 0. The maximum Gasteiger partial charge on any atom is 0.222 e. The molecule has 2 rings (SSSR count). The number of hydrogen-bond acceptors (Lipinski definition) is 1. The molecule has 3 atom stereocenters. The summed E-state index contributed by atoms with van der Waals surface area (Å²) in [5, 5.41) is 0. The van der Waals surface area contributed by atoms with Gasteiger partial charge in [-0.05, 0) is 24.2 Å². The lowest BCUT2D eigenvalue weighted by molar-refractivity contribution is -0.135. The van der Waals surface area contributed by atoms with Gasteiger partial charge in [-0.2, -0.15) is 0 Å². The van der Waals surface area contributed by atoms with E-state index in [0.29, 0.717) is 11.8 Å². The zero-order chi connectivity index (χ0) is 8.72. The smallest absolute Gasteiger partial charge is 0.222 e. The van der Waals surface area contributed by atoms with Crippen molar-refractivity contribution in [2.45, 2.75) is 26.2 Å². The molecule has 68 valence electrons. The molecule has 1 saturated heterocycles. The van der Waals surface area contributed by atoms with Gasteiger partial charge in [-0.3, -0.25) is 4.79 Å². The van der Waals surface area contributed by atoms with Crippen molar-refractivity contribution in [3.8, 4) is 0 Å². The summed E-state index contributed by atoms with van der Waals surface area (Å²) in [5.41, 5.74) is 0. The molecule has 2 fully saturated rings. The van der Waals surface area contributed by atoms with E-state index in [1.54, 1.807) is 0 Å². The Balaban J connectivity index is 2.09. The number of carbonyl (C=O) groups excluding carboxylic acids is 1. The topological polar surface area (TPSA) is 20.3 Å². The zero-order valence-electron chi connectivity index (χ0n) is 7.92. The summed E-state index contributed by atoms with van der Waals surface area (Å²) in [4.78, 5) is 13.3. The number of amides is 1. The summed E-state index contributed by atoms with van der Waals surface area (Å²) in [6.07, 6.45) is 3.47. The standard InChI is InChI=1S/C10H17NO/c1-7-3-4-8-6-11(2)10(12)5-9(7)8/h7-9H,3-6H2,1-2H3. The van der Waals surface area contributed by atoms with E-state index in [2.05, 4.69) is 6.92 Å². The van der Waals surface area contributed by atoms with Crippen molar-refractivity contribution in [1.29, 1.82) is 0 Å². The van der Waals surface area contributed by atoms with Gasteiger partial charge in [0.05, 0.1) is 0 Å². The molecule has 1 saturated carbocycles. The van der Waals surface area contributed by atoms with E-state index in [-0.39, 0.29) is 0 Å². The number of hydrogen-bond donors (Lipinski definition) is 0. The number of carbonyl (C=O) groups is 1. The van der Waals surface area contributed by atoms with E-state index in [4.69, 9.17) is 0 Å². The molecule has 1 aliphatic carbocycles. The normalized spacial score (nSPS) is 41.7. The van der Waals surface area contributed by atoms with E-state index >= 15 is 0 Å². The van der Waals surface area contributed by atoms with Crippen molar-refractivity contribution in [1.82, 2.24) is 4.90 Å². The van der Waals surface area contributed by atoms with Gasteiger partial charge in [-0.1, -0.05) is 13.3 Å². The predicted molar refractivity (Wildman–Crippen MR) is 47.6 cm³/mol. The lowest BCUT2D eigenvalue weighted by atomic mass is 9.84. The summed E-state index contributed by atoms with van der Waals surface area (Å²) < 4.78 is 0. The van der Waals surface area contributed by atoms with Gasteiger partial charge >= 0.3 is 0 Å². The molecular weight excluding hydrogens is 150 g/mol. The average Bonchev–Trinajstić information content (AvgIpc) is 2.35. The maximum absolute atomic E-state index is 11.4. The minimum Gasteiger partial charge on any atom is -0.345 e. The van der Waals surface area contributed by atoms with Gasteiger partial charge in [0.15, 0.2) is 0 Å². The molecule has 0 radical (unpaired) electrons. The molecule has 0 N–H and O–H groups in total. The lowest BCUT2D eigenvalue weighted by Gasteiger charge is -2.33. The Labute approximate surface area is 73.9 Å². The quantitative estimate of drug-likeness (QED) is 0.535. The number of fused-ring (bicyclic) bond motifs is 1. The van der Waals surface area contributed by atoms with Crippen LogP contribution in [0.1, 0.15) is 26.2 Å². The first-order valence-electron chi connectivity index (χ1n) is 4.92. The highest BCUT2D eigenvalue weighted by Crippen LogP contribution is 2.41. The molecule has 3 unspecified atom stereocenters. The van der Waals surface area contributed by atoms with Gasteiger partial charge < -0.3 is 4.90 Å². The van der Waals surface area contributed by atoms with Gasteiger partial charge in [-0.25, -0.2) is 0 Å². The minimum absolute atomic E-state index is 0.352. The maximum atomic E-state index is 11.4. The SMILES string of the molecule is CC1CCC2CN(C)C(=O)CC12. The van der Waals surface area contributed by atoms with Crippen LogP contribution in [0.5, 0.6) is 0 Å². The van der Waals surface area contributed by atoms with E-state index in [9.17, 15) is 4.79 Å². The largest absolute Gasteiger partial charge is 0.345 e. The number of nitrogens with zero attached hydrogens (tertiary/aromatic N) is 1. The highest BCUT2D eigenvalue weighted by Gasteiger charge is 2.39. The minimum atomic E-state index is 0.352. The molecule has 1 heterocycles. The fourth-order valence-corrected chi connectivity index (χ4v) is 2.78. The van der Waals surface area contributed by atoms with Crippen LogP contribution in [0.4, 0.5) is 0 Å². The molecule has 0 spiro atoms. The Morgan fingerprint density at radius 2 is 2.17 bits per heavy atom. The predicted octanol–water partition coefficient (Wildman–Crippen LogP) is 1.51. The fraction of sp³-hybridized carbons (Fsp3) is 0.900. The lowest BCUT2D eigenvalue weighted by Crippen LogP contribution is -2.41. The average molecular weight is 167 g/mol.